The van der Waals surface area contributed by atoms with Crippen LogP contribution >= 0.6 is 0 Å². The summed E-state index contributed by atoms with van der Waals surface area (Å²) in [5, 5.41) is 0. The summed E-state index contributed by atoms with van der Waals surface area (Å²) in [6.07, 6.45) is -3.26. The van der Waals surface area contributed by atoms with Gasteiger partial charge in [-0.05, 0) is 12.1 Å². The molecule has 2 aromatic rings. The molecule has 0 aliphatic rings. The van der Waals surface area contributed by atoms with Gasteiger partial charge in [0.05, 0.1) is 18.2 Å². The van der Waals surface area contributed by atoms with E-state index in [2.05, 4.69) is 20.8 Å². The highest BCUT2D eigenvalue weighted by molar-refractivity contribution is 5.96. The minimum Gasteiger partial charge on any atom is -0.481 e. The number of nitrogens with zero attached hydrogens (tertiary/aromatic N) is 2. The van der Waals surface area contributed by atoms with Gasteiger partial charge in [0.2, 0.25) is 11.8 Å². The van der Waals surface area contributed by atoms with Crippen molar-refractivity contribution < 1.29 is 22.7 Å². The minimum absolute atomic E-state index is 0.0165. The Labute approximate surface area is 123 Å². The fraction of sp³-hybridized carbons (Fsp3) is 0.154. The number of hydrogen-bond donors (Lipinski definition) is 2. The second-order valence-electron chi connectivity index (χ2n) is 4.05. The van der Waals surface area contributed by atoms with E-state index in [-0.39, 0.29) is 11.8 Å². The molecule has 9 heteroatoms. The first kappa shape index (κ1) is 15.5. The average Bonchev–Trinajstić information content (AvgIpc) is 2.52. The van der Waals surface area contributed by atoms with Crippen molar-refractivity contribution in [3.8, 4) is 5.88 Å². The zero-order valence-corrected chi connectivity index (χ0v) is 11.3. The third-order valence-corrected chi connectivity index (χ3v) is 2.60. The van der Waals surface area contributed by atoms with Crippen LogP contribution in [0.1, 0.15) is 15.9 Å². The third kappa shape index (κ3) is 3.62. The van der Waals surface area contributed by atoms with Crippen molar-refractivity contribution in [2.75, 3.05) is 12.5 Å². The molecule has 0 aliphatic heterocycles. The molecular formula is C13H11F3N4O2. The number of hydrazine groups is 1. The predicted octanol–water partition coefficient (Wildman–Crippen LogP) is 2.26. The van der Waals surface area contributed by atoms with Crippen LogP contribution in [0.5, 0.6) is 5.88 Å². The number of benzene rings is 1. The van der Waals surface area contributed by atoms with Crippen LogP contribution in [0.4, 0.5) is 19.1 Å². The van der Waals surface area contributed by atoms with Gasteiger partial charge in [-0.3, -0.25) is 15.6 Å². The first-order valence-corrected chi connectivity index (χ1v) is 6.01. The van der Waals surface area contributed by atoms with Crippen LogP contribution in [0.2, 0.25) is 0 Å². The van der Waals surface area contributed by atoms with Crippen LogP contribution in [-0.4, -0.2) is 23.0 Å². The van der Waals surface area contributed by atoms with E-state index in [0.717, 1.165) is 12.1 Å². The van der Waals surface area contributed by atoms with Crippen molar-refractivity contribution in [3.63, 3.8) is 0 Å². The van der Waals surface area contributed by atoms with Crippen molar-refractivity contribution in [2.45, 2.75) is 6.18 Å². The molecule has 0 atom stereocenters. The summed E-state index contributed by atoms with van der Waals surface area (Å²) < 4.78 is 43.3. The van der Waals surface area contributed by atoms with Gasteiger partial charge < -0.3 is 4.74 Å². The summed E-state index contributed by atoms with van der Waals surface area (Å²) in [7, 11) is 1.39. The molecule has 1 aromatic carbocycles. The SMILES string of the molecule is COc1ccnc(NNC(=O)c2ccccc2C(F)(F)F)n1. The van der Waals surface area contributed by atoms with E-state index in [4.69, 9.17) is 4.74 Å². The maximum atomic E-state index is 12.8. The lowest BCUT2D eigenvalue weighted by molar-refractivity contribution is -0.137. The Morgan fingerprint density at radius 3 is 2.64 bits per heavy atom. The van der Waals surface area contributed by atoms with E-state index < -0.39 is 23.2 Å². The Hall–Kier alpha value is -2.84. The van der Waals surface area contributed by atoms with Gasteiger partial charge in [-0.2, -0.15) is 18.2 Å². The molecule has 2 rings (SSSR count). The molecule has 22 heavy (non-hydrogen) atoms. The summed E-state index contributed by atoms with van der Waals surface area (Å²) in [5.41, 5.74) is 2.90. The molecular weight excluding hydrogens is 301 g/mol. The molecule has 2 N–H and O–H groups in total. The number of halogens is 3. The molecule has 116 valence electrons. The molecule has 0 radical (unpaired) electrons. The third-order valence-electron chi connectivity index (χ3n) is 2.60. The Bertz CT molecular complexity index is 676. The number of amides is 1. The van der Waals surface area contributed by atoms with Crippen LogP contribution in [-0.2, 0) is 6.18 Å². The van der Waals surface area contributed by atoms with Gasteiger partial charge in [0.1, 0.15) is 0 Å². The topological polar surface area (TPSA) is 76.1 Å². The molecule has 1 amide bonds. The number of aromatic nitrogens is 2. The highest BCUT2D eigenvalue weighted by Gasteiger charge is 2.34. The zero-order valence-electron chi connectivity index (χ0n) is 11.3. The van der Waals surface area contributed by atoms with Gasteiger partial charge in [0.25, 0.3) is 5.91 Å². The smallest absolute Gasteiger partial charge is 0.417 e. The molecule has 0 fully saturated rings. The number of methoxy groups -OCH3 is 1. The van der Waals surface area contributed by atoms with Crippen molar-refractivity contribution in [1.29, 1.82) is 0 Å². The van der Waals surface area contributed by atoms with Crippen molar-refractivity contribution in [1.82, 2.24) is 15.4 Å². The minimum atomic E-state index is -4.62. The molecule has 6 nitrogen and oxygen atoms in total. The fourth-order valence-corrected chi connectivity index (χ4v) is 1.62. The number of anilines is 1. The highest BCUT2D eigenvalue weighted by atomic mass is 19.4. The second kappa shape index (κ2) is 6.29. The number of ether oxygens (including phenoxy) is 1. The molecule has 0 unspecified atom stereocenters. The van der Waals surface area contributed by atoms with Crippen LogP contribution in [0.15, 0.2) is 36.5 Å². The molecule has 0 saturated heterocycles. The van der Waals surface area contributed by atoms with Gasteiger partial charge in [-0.25, -0.2) is 4.98 Å². The zero-order chi connectivity index (χ0) is 16.2. The molecule has 0 saturated carbocycles. The van der Waals surface area contributed by atoms with Gasteiger partial charge in [0.15, 0.2) is 0 Å². The summed E-state index contributed by atoms with van der Waals surface area (Å²) in [6.45, 7) is 0. The first-order valence-electron chi connectivity index (χ1n) is 6.01. The number of hydrogen-bond acceptors (Lipinski definition) is 5. The largest absolute Gasteiger partial charge is 0.481 e. The number of carbonyl (C=O) groups excluding carboxylic acids is 1. The Morgan fingerprint density at radius 2 is 1.95 bits per heavy atom. The molecule has 0 bridgehead atoms. The van der Waals surface area contributed by atoms with E-state index in [1.54, 1.807) is 0 Å². The molecule has 1 heterocycles. The van der Waals surface area contributed by atoms with Crippen LogP contribution in [0.3, 0.4) is 0 Å². The highest BCUT2D eigenvalue weighted by Crippen LogP contribution is 2.31. The average molecular weight is 312 g/mol. The number of nitrogens with one attached hydrogen (secondary N) is 2. The summed E-state index contributed by atoms with van der Waals surface area (Å²) in [4.78, 5) is 19.5. The lowest BCUT2D eigenvalue weighted by Crippen LogP contribution is -2.32. The summed E-state index contributed by atoms with van der Waals surface area (Å²) >= 11 is 0. The Balaban J connectivity index is 2.13. The standard InChI is InChI=1S/C13H11F3N4O2/c1-22-10-6-7-17-12(18-10)20-19-11(21)8-4-2-3-5-9(8)13(14,15)16/h2-7H,1H3,(H,19,21)(H,17,18,20). The molecule has 0 aliphatic carbocycles. The summed E-state index contributed by atoms with van der Waals surface area (Å²) in [5.74, 6) is -0.737. The first-order chi connectivity index (χ1) is 10.4. The second-order valence-corrected chi connectivity index (χ2v) is 4.05. The van der Waals surface area contributed by atoms with Gasteiger partial charge in [0, 0.05) is 12.3 Å². The van der Waals surface area contributed by atoms with E-state index >= 15 is 0 Å². The lowest BCUT2D eigenvalue weighted by Gasteiger charge is -2.13. The monoisotopic (exact) mass is 312 g/mol. The number of alkyl halides is 3. The van der Waals surface area contributed by atoms with Gasteiger partial charge in [-0.1, -0.05) is 12.1 Å². The van der Waals surface area contributed by atoms with Crippen molar-refractivity contribution in [3.05, 3.63) is 47.7 Å². The maximum Gasteiger partial charge on any atom is 0.417 e. The molecule has 0 spiro atoms. The summed E-state index contributed by atoms with van der Waals surface area (Å²) in [6, 6.07) is 5.93. The van der Waals surface area contributed by atoms with Crippen LogP contribution in [0, 0.1) is 0 Å². The van der Waals surface area contributed by atoms with E-state index in [1.165, 1.54) is 31.5 Å². The maximum absolute atomic E-state index is 12.8. The van der Waals surface area contributed by atoms with E-state index in [1.807, 2.05) is 0 Å². The molecule has 1 aromatic heterocycles. The van der Waals surface area contributed by atoms with Crippen molar-refractivity contribution in [2.24, 2.45) is 0 Å². The van der Waals surface area contributed by atoms with Gasteiger partial charge in [-0.15, -0.1) is 0 Å². The number of carbonyl (C=O) groups is 1. The Morgan fingerprint density at radius 1 is 1.23 bits per heavy atom. The van der Waals surface area contributed by atoms with Gasteiger partial charge >= 0.3 is 6.18 Å². The quantitative estimate of drug-likeness (QED) is 0.847. The normalized spacial score (nSPS) is 10.9. The predicted molar refractivity (Wildman–Crippen MR) is 71.1 cm³/mol. The number of rotatable bonds is 4. The van der Waals surface area contributed by atoms with Crippen LogP contribution in [0.25, 0.3) is 0 Å². The van der Waals surface area contributed by atoms with Crippen LogP contribution < -0.4 is 15.6 Å². The fourth-order valence-electron chi connectivity index (χ4n) is 1.62. The Kier molecular flexibility index (Phi) is 4.44. The lowest BCUT2D eigenvalue weighted by atomic mass is 10.1. The van der Waals surface area contributed by atoms with E-state index in [0.29, 0.717) is 0 Å². The van der Waals surface area contributed by atoms with Crippen molar-refractivity contribution >= 4 is 11.9 Å². The van der Waals surface area contributed by atoms with E-state index in [9.17, 15) is 18.0 Å².